The Labute approximate surface area is 175 Å². The van der Waals surface area contributed by atoms with Crippen molar-refractivity contribution < 1.29 is 22.6 Å². The summed E-state index contributed by atoms with van der Waals surface area (Å²) in [7, 11) is 0. The summed E-state index contributed by atoms with van der Waals surface area (Å²) in [5.41, 5.74) is 1.67. The fourth-order valence-corrected chi connectivity index (χ4v) is 2.55. The molecule has 154 valence electrons. The highest BCUT2D eigenvalue weighted by Gasteiger charge is 2.27. The van der Waals surface area contributed by atoms with Crippen molar-refractivity contribution in [2.24, 2.45) is 4.99 Å². The van der Waals surface area contributed by atoms with E-state index in [9.17, 15) is 13.2 Å². The van der Waals surface area contributed by atoms with Gasteiger partial charge in [-0.25, -0.2) is 4.99 Å². The Morgan fingerprint density at radius 1 is 1.22 bits per heavy atom. The summed E-state index contributed by atoms with van der Waals surface area (Å²) < 4.78 is 46.4. The van der Waals surface area contributed by atoms with Gasteiger partial charge in [-0.05, 0) is 30.9 Å². The minimum absolute atomic E-state index is 0. The van der Waals surface area contributed by atoms with Gasteiger partial charge in [-0.3, -0.25) is 0 Å². The lowest BCUT2D eigenvalue weighted by Crippen LogP contribution is -2.41. The summed E-state index contributed by atoms with van der Waals surface area (Å²) in [6, 6.07) is 7.21. The van der Waals surface area contributed by atoms with Crippen LogP contribution in [0.2, 0.25) is 0 Å². The van der Waals surface area contributed by atoms with Crippen molar-refractivity contribution in [3.05, 3.63) is 35.4 Å². The van der Waals surface area contributed by atoms with Crippen LogP contribution in [0, 0.1) is 0 Å². The maximum Gasteiger partial charge on any atom is 0.411 e. The average molecular weight is 501 g/mol. The lowest BCUT2D eigenvalue weighted by Gasteiger charge is -2.14. The number of hydrogen-bond acceptors (Lipinski definition) is 3. The second-order valence-corrected chi connectivity index (χ2v) is 6.14. The maximum atomic E-state index is 12.1. The van der Waals surface area contributed by atoms with Crippen molar-refractivity contribution in [1.82, 2.24) is 10.6 Å². The Balaban J connectivity index is 0.00000364. The van der Waals surface area contributed by atoms with Crippen LogP contribution in [0.15, 0.2) is 29.3 Å². The van der Waals surface area contributed by atoms with Crippen molar-refractivity contribution in [2.45, 2.75) is 45.2 Å². The molecule has 1 aliphatic rings. The molecule has 0 amide bonds. The van der Waals surface area contributed by atoms with Gasteiger partial charge in [0.15, 0.2) is 5.96 Å². The Morgan fingerprint density at radius 2 is 1.93 bits per heavy atom. The molecular weight excluding hydrogens is 474 g/mol. The zero-order valence-electron chi connectivity index (χ0n) is 15.3. The highest BCUT2D eigenvalue weighted by molar-refractivity contribution is 14.0. The number of halogens is 4. The molecule has 0 aromatic heterocycles. The average Bonchev–Trinajstić information content (AvgIpc) is 3.11. The van der Waals surface area contributed by atoms with Crippen molar-refractivity contribution in [1.29, 1.82) is 0 Å². The number of aliphatic imine (C=N–C) groups is 1. The van der Waals surface area contributed by atoms with E-state index in [1.807, 2.05) is 19.1 Å². The number of alkyl halides is 3. The molecule has 27 heavy (non-hydrogen) atoms. The minimum Gasteiger partial charge on any atom is -0.376 e. The molecule has 1 unspecified atom stereocenters. The Bertz CT molecular complexity index is 562. The molecule has 1 aliphatic heterocycles. The Morgan fingerprint density at radius 3 is 2.52 bits per heavy atom. The summed E-state index contributed by atoms with van der Waals surface area (Å²) in [4.78, 5) is 4.53. The van der Waals surface area contributed by atoms with E-state index in [1.54, 1.807) is 12.1 Å². The molecule has 1 aromatic carbocycles. The van der Waals surface area contributed by atoms with Crippen LogP contribution in [0.25, 0.3) is 0 Å². The molecule has 0 saturated carbocycles. The number of ether oxygens (including phenoxy) is 2. The van der Waals surface area contributed by atoms with E-state index in [1.165, 1.54) is 0 Å². The van der Waals surface area contributed by atoms with Gasteiger partial charge in [0.25, 0.3) is 0 Å². The predicted octanol–water partition coefficient (Wildman–Crippen LogP) is 3.62. The fraction of sp³-hybridized carbons (Fsp3) is 0.611. The third-order valence-corrected chi connectivity index (χ3v) is 3.84. The summed E-state index contributed by atoms with van der Waals surface area (Å²) >= 11 is 0. The first-order valence-electron chi connectivity index (χ1n) is 8.82. The van der Waals surface area contributed by atoms with Crippen molar-refractivity contribution in [2.75, 3.05) is 26.3 Å². The van der Waals surface area contributed by atoms with Crippen LogP contribution in [0.1, 0.15) is 30.9 Å². The van der Waals surface area contributed by atoms with Gasteiger partial charge in [0.2, 0.25) is 0 Å². The minimum atomic E-state index is -4.30. The summed E-state index contributed by atoms with van der Waals surface area (Å²) in [5.74, 6) is 0.723. The van der Waals surface area contributed by atoms with E-state index in [-0.39, 0.29) is 36.7 Å². The lowest BCUT2D eigenvalue weighted by molar-refractivity contribution is -0.176. The normalized spacial score (nSPS) is 17.5. The smallest absolute Gasteiger partial charge is 0.376 e. The van der Waals surface area contributed by atoms with Crippen LogP contribution in [-0.4, -0.2) is 44.5 Å². The number of guanidine groups is 1. The Kier molecular flexibility index (Phi) is 11.0. The highest BCUT2D eigenvalue weighted by atomic mass is 127. The van der Waals surface area contributed by atoms with Gasteiger partial charge in [0.05, 0.1) is 19.3 Å². The molecule has 0 bridgehead atoms. The van der Waals surface area contributed by atoms with Crippen LogP contribution in [0.4, 0.5) is 13.2 Å². The first-order valence-corrected chi connectivity index (χ1v) is 8.82. The van der Waals surface area contributed by atoms with Crippen LogP contribution >= 0.6 is 24.0 Å². The third kappa shape index (κ3) is 10.2. The van der Waals surface area contributed by atoms with E-state index in [0.29, 0.717) is 12.1 Å². The van der Waals surface area contributed by atoms with E-state index in [2.05, 4.69) is 20.4 Å². The van der Waals surface area contributed by atoms with Crippen LogP contribution in [0.5, 0.6) is 0 Å². The van der Waals surface area contributed by atoms with E-state index < -0.39 is 12.8 Å². The zero-order chi connectivity index (χ0) is 18.8. The second-order valence-electron chi connectivity index (χ2n) is 6.14. The van der Waals surface area contributed by atoms with E-state index in [4.69, 9.17) is 4.74 Å². The van der Waals surface area contributed by atoms with Crippen molar-refractivity contribution in [3.63, 3.8) is 0 Å². The van der Waals surface area contributed by atoms with Crippen LogP contribution in [0.3, 0.4) is 0 Å². The van der Waals surface area contributed by atoms with Gasteiger partial charge in [-0.2, -0.15) is 13.2 Å². The molecule has 1 aromatic rings. The van der Waals surface area contributed by atoms with Gasteiger partial charge in [-0.15, -0.1) is 24.0 Å². The number of nitrogens with one attached hydrogen (secondary N) is 2. The molecule has 0 spiro atoms. The molecule has 2 rings (SSSR count). The molecule has 1 fully saturated rings. The van der Waals surface area contributed by atoms with Gasteiger partial charge in [0.1, 0.15) is 6.61 Å². The quantitative estimate of drug-likeness (QED) is 0.325. The SMILES string of the molecule is CCNC(=NCc1ccc(COCC(F)(F)F)cc1)NCC1CCCO1.I. The van der Waals surface area contributed by atoms with E-state index in [0.717, 1.165) is 44.1 Å². The van der Waals surface area contributed by atoms with Gasteiger partial charge in [-0.1, -0.05) is 24.3 Å². The molecule has 5 nitrogen and oxygen atoms in total. The highest BCUT2D eigenvalue weighted by Crippen LogP contribution is 2.16. The number of nitrogens with zero attached hydrogens (tertiary/aromatic N) is 1. The lowest BCUT2D eigenvalue weighted by atomic mass is 10.1. The zero-order valence-corrected chi connectivity index (χ0v) is 17.7. The van der Waals surface area contributed by atoms with Gasteiger partial charge < -0.3 is 20.1 Å². The predicted molar refractivity (Wildman–Crippen MR) is 109 cm³/mol. The summed E-state index contributed by atoms with van der Waals surface area (Å²) in [5, 5.41) is 6.46. The fourth-order valence-electron chi connectivity index (χ4n) is 2.55. The first-order chi connectivity index (χ1) is 12.5. The van der Waals surface area contributed by atoms with E-state index >= 15 is 0 Å². The molecule has 9 heteroatoms. The number of benzene rings is 1. The standard InChI is InChI=1S/C18H26F3N3O2.HI/c1-2-22-17(24-11-16-4-3-9-26-16)23-10-14-5-7-15(8-6-14)12-25-13-18(19,20)21;/h5-8,16H,2-4,9-13H2,1H3,(H2,22,23,24);1H. The summed E-state index contributed by atoms with van der Waals surface area (Å²) in [6.45, 7) is 3.48. The van der Waals surface area contributed by atoms with Crippen molar-refractivity contribution in [3.8, 4) is 0 Å². The molecule has 0 aliphatic carbocycles. The second kappa shape index (κ2) is 12.4. The van der Waals surface area contributed by atoms with Crippen molar-refractivity contribution >= 4 is 29.9 Å². The molecule has 1 saturated heterocycles. The van der Waals surface area contributed by atoms with Gasteiger partial charge >= 0.3 is 6.18 Å². The number of hydrogen-bond donors (Lipinski definition) is 2. The topological polar surface area (TPSA) is 54.9 Å². The molecule has 1 heterocycles. The third-order valence-electron chi connectivity index (χ3n) is 3.84. The Hall–Kier alpha value is -1.07. The number of rotatable bonds is 8. The molecular formula is C18H27F3IN3O2. The van der Waals surface area contributed by atoms with Crippen LogP contribution in [-0.2, 0) is 22.6 Å². The monoisotopic (exact) mass is 501 g/mol. The molecule has 0 radical (unpaired) electrons. The first kappa shape index (κ1) is 24.0. The maximum absolute atomic E-state index is 12.1. The molecule has 1 atom stereocenters. The summed E-state index contributed by atoms with van der Waals surface area (Å²) in [6.07, 6.45) is -1.91. The van der Waals surface area contributed by atoms with Gasteiger partial charge in [0, 0.05) is 19.7 Å². The molecule has 2 N–H and O–H groups in total. The van der Waals surface area contributed by atoms with Crippen LogP contribution < -0.4 is 10.6 Å². The largest absolute Gasteiger partial charge is 0.411 e.